The molecule has 0 bridgehead atoms. The second-order valence-electron chi connectivity index (χ2n) is 6.44. The summed E-state index contributed by atoms with van der Waals surface area (Å²) in [6.07, 6.45) is 0. The van der Waals surface area contributed by atoms with E-state index in [1.165, 1.54) is 18.2 Å². The van der Waals surface area contributed by atoms with Crippen LogP contribution >= 0.6 is 23.2 Å². The van der Waals surface area contributed by atoms with Crippen molar-refractivity contribution in [1.82, 2.24) is 15.8 Å². The summed E-state index contributed by atoms with van der Waals surface area (Å²) in [5, 5.41) is 3.95. The lowest BCUT2D eigenvalue weighted by atomic mass is 9.91. The number of aromatic nitrogens is 1. The van der Waals surface area contributed by atoms with Crippen LogP contribution in [-0.4, -0.2) is 34.3 Å². The zero-order valence-corrected chi connectivity index (χ0v) is 17.3. The predicted molar refractivity (Wildman–Crippen MR) is 114 cm³/mol. The third-order valence-corrected chi connectivity index (χ3v) is 5.24. The molecule has 1 atom stereocenters. The number of hydrogen-bond donors (Lipinski definition) is 3. The van der Waals surface area contributed by atoms with Gasteiger partial charge in [-0.1, -0.05) is 35.3 Å². The molecule has 0 unspecified atom stereocenters. The van der Waals surface area contributed by atoms with Crippen molar-refractivity contribution in [2.45, 2.75) is 5.92 Å². The highest BCUT2D eigenvalue weighted by atomic mass is 35.5. The van der Waals surface area contributed by atoms with Crippen LogP contribution in [0.5, 0.6) is 0 Å². The number of rotatable bonds is 3. The average molecular weight is 475 g/mol. The first kappa shape index (κ1) is 21.4. The molecule has 32 heavy (non-hydrogen) atoms. The lowest BCUT2D eigenvalue weighted by Crippen LogP contribution is -2.55. The minimum Gasteiger partial charge on any atom is -0.439 e. The molecule has 1 aliphatic heterocycles. The zero-order valence-electron chi connectivity index (χ0n) is 15.8. The number of hydrazone groups is 1. The van der Waals surface area contributed by atoms with Crippen molar-refractivity contribution in [2.75, 3.05) is 4.90 Å². The quantitative estimate of drug-likeness (QED) is 0.171. The second-order valence-corrected chi connectivity index (χ2v) is 7.26. The largest absolute Gasteiger partial charge is 0.439 e. The number of imide groups is 1. The van der Waals surface area contributed by atoms with Gasteiger partial charge < -0.3 is 4.42 Å². The average Bonchev–Trinajstić information content (AvgIpc) is 3.21. The number of urea groups is 1. The molecule has 4 N–H and O–H groups in total. The van der Waals surface area contributed by atoms with Crippen LogP contribution in [0.2, 0.25) is 10.0 Å². The number of para-hydroxylation sites is 2. The fourth-order valence-corrected chi connectivity index (χ4v) is 3.34. The summed E-state index contributed by atoms with van der Waals surface area (Å²) in [5.74, 6) is -0.0472. The van der Waals surface area contributed by atoms with Gasteiger partial charge in [0, 0.05) is 0 Å². The Morgan fingerprint density at radius 2 is 1.84 bits per heavy atom. The van der Waals surface area contributed by atoms with Gasteiger partial charge in [-0.25, -0.2) is 25.9 Å². The number of hydrogen-bond acceptors (Lipinski definition) is 8. The first-order chi connectivity index (χ1) is 15.3. The molecule has 4 amide bonds. The maximum absolute atomic E-state index is 13.3. The fourth-order valence-electron chi connectivity index (χ4n) is 3.04. The van der Waals surface area contributed by atoms with Gasteiger partial charge in [-0.3, -0.25) is 19.8 Å². The van der Waals surface area contributed by atoms with E-state index in [0.717, 1.165) is 0 Å². The van der Waals surface area contributed by atoms with Crippen molar-refractivity contribution in [3.8, 4) is 0 Å². The van der Waals surface area contributed by atoms with Gasteiger partial charge in [0.2, 0.25) is 11.7 Å². The number of nitrogens with two attached hydrogens (primary N) is 1. The van der Waals surface area contributed by atoms with Crippen LogP contribution in [0.4, 0.5) is 10.5 Å². The van der Waals surface area contributed by atoms with Crippen LogP contribution in [0.1, 0.15) is 11.8 Å². The third kappa shape index (κ3) is 3.68. The number of nitrogens with zero attached hydrogens (tertiary/aromatic N) is 3. The Balaban J connectivity index is 1.84. The Morgan fingerprint density at radius 1 is 1.09 bits per heavy atom. The van der Waals surface area contributed by atoms with E-state index < -0.39 is 35.3 Å². The Hall–Kier alpha value is -3.80. The summed E-state index contributed by atoms with van der Waals surface area (Å²) in [7, 11) is 0. The number of nitrogens with one attached hydrogen (secondary N) is 2. The summed E-state index contributed by atoms with van der Waals surface area (Å²) in [4.78, 5) is 55.5. The highest BCUT2D eigenvalue weighted by molar-refractivity contribution is 6.67. The predicted octanol–water partition coefficient (Wildman–Crippen LogP) is 1.89. The molecule has 162 valence electrons. The van der Waals surface area contributed by atoms with Gasteiger partial charge in [0.15, 0.2) is 11.5 Å². The van der Waals surface area contributed by atoms with Gasteiger partial charge >= 0.3 is 11.9 Å². The Bertz CT molecular complexity index is 1290. The number of fused-ring (bicyclic) bond motifs is 1. The lowest BCUT2D eigenvalue weighted by molar-refractivity contribution is -0.139. The number of Topliss-reactive ketones (excluding diaryl/α,β-unsaturated/α-hetero) is 1. The van der Waals surface area contributed by atoms with E-state index in [-0.39, 0.29) is 21.6 Å². The number of hydrazine groups is 1. The molecule has 0 saturated carbocycles. The highest BCUT2D eigenvalue weighted by Crippen LogP contribution is 2.33. The van der Waals surface area contributed by atoms with Crippen molar-refractivity contribution >= 4 is 69.3 Å². The van der Waals surface area contributed by atoms with E-state index in [2.05, 4.69) is 10.1 Å². The van der Waals surface area contributed by atoms with E-state index in [1.807, 2.05) is 5.43 Å². The van der Waals surface area contributed by atoms with E-state index in [9.17, 15) is 19.2 Å². The minimum atomic E-state index is -1.60. The first-order valence-corrected chi connectivity index (χ1v) is 9.64. The maximum atomic E-state index is 13.3. The molecular weight excluding hydrogens is 463 g/mol. The molecule has 1 aromatic heterocycles. The number of ketones is 1. The molecule has 0 radical (unpaired) electrons. The molecule has 11 nitrogen and oxygen atoms in total. The van der Waals surface area contributed by atoms with Gasteiger partial charge in [-0.2, -0.15) is 5.10 Å². The van der Waals surface area contributed by atoms with Gasteiger partial charge in [-0.15, -0.1) is 0 Å². The Labute approximate surface area is 189 Å². The Morgan fingerprint density at radius 3 is 2.53 bits per heavy atom. The topological polar surface area (TPSA) is 160 Å². The summed E-state index contributed by atoms with van der Waals surface area (Å²) in [6, 6.07) is 9.56. The highest BCUT2D eigenvalue weighted by Gasteiger charge is 2.49. The molecule has 1 fully saturated rings. The molecule has 1 aliphatic rings. The van der Waals surface area contributed by atoms with E-state index in [4.69, 9.17) is 33.5 Å². The van der Waals surface area contributed by atoms with Crippen molar-refractivity contribution < 1.29 is 23.6 Å². The zero-order chi connectivity index (χ0) is 23.0. The van der Waals surface area contributed by atoms with Crippen LogP contribution in [0.15, 0.2) is 52.0 Å². The molecule has 2 aromatic carbocycles. The standard InChI is InChI=1S/C19H12Cl2N6O5/c20-9-6-5-8(7-10(9)21)27-17(29)14(25-26-19(31)24-22)13(15(28)18(27)30)16-23-11-3-1-2-4-12(11)32-16/h1-7,13H,22H2,(H2,24,26,31)/b25-14+/t13-/m1/s1. The van der Waals surface area contributed by atoms with Crippen molar-refractivity contribution in [1.29, 1.82) is 0 Å². The van der Waals surface area contributed by atoms with Gasteiger partial charge in [-0.05, 0) is 30.3 Å². The molecule has 3 aromatic rings. The molecule has 13 heteroatoms. The molecule has 1 saturated heterocycles. The van der Waals surface area contributed by atoms with Crippen molar-refractivity contribution in [2.24, 2.45) is 10.9 Å². The molecular formula is C19H12Cl2N6O5. The number of benzene rings is 2. The van der Waals surface area contributed by atoms with E-state index in [0.29, 0.717) is 16.0 Å². The minimum absolute atomic E-state index is 0.0188. The van der Waals surface area contributed by atoms with Crippen LogP contribution in [-0.2, 0) is 14.4 Å². The molecule has 2 heterocycles. The van der Waals surface area contributed by atoms with Crippen molar-refractivity contribution in [3.63, 3.8) is 0 Å². The van der Waals surface area contributed by atoms with Crippen molar-refractivity contribution in [3.05, 3.63) is 58.4 Å². The smallest absolute Gasteiger partial charge is 0.349 e. The summed E-state index contributed by atoms with van der Waals surface area (Å²) in [5.41, 5.74) is 3.93. The van der Waals surface area contributed by atoms with E-state index >= 15 is 0 Å². The molecule has 0 spiro atoms. The SMILES string of the molecule is NNC(=O)N/N=C1/C(=O)N(c2ccc(Cl)c(Cl)c2)C(=O)C(=O)[C@@H]1c1nc2ccccc2o1. The maximum Gasteiger partial charge on any atom is 0.349 e. The van der Waals surface area contributed by atoms with Gasteiger partial charge in [0.25, 0.3) is 5.91 Å². The summed E-state index contributed by atoms with van der Waals surface area (Å²) in [6.45, 7) is 0. The van der Waals surface area contributed by atoms with Crippen LogP contribution in [0.25, 0.3) is 11.1 Å². The Kier molecular flexibility index (Phi) is 5.61. The van der Waals surface area contributed by atoms with Crippen LogP contribution in [0.3, 0.4) is 0 Å². The number of oxazole rings is 1. The molecule has 4 rings (SSSR count). The van der Waals surface area contributed by atoms with E-state index in [1.54, 1.807) is 29.7 Å². The summed E-state index contributed by atoms with van der Waals surface area (Å²) >= 11 is 11.9. The third-order valence-electron chi connectivity index (χ3n) is 4.50. The number of piperidine rings is 1. The molecule has 0 aliphatic carbocycles. The monoisotopic (exact) mass is 474 g/mol. The number of carbonyl (C=O) groups excluding carboxylic acids is 4. The van der Waals surface area contributed by atoms with Crippen LogP contribution < -0.4 is 21.6 Å². The van der Waals surface area contributed by atoms with Crippen LogP contribution in [0, 0.1) is 0 Å². The van der Waals surface area contributed by atoms with Gasteiger partial charge in [0.1, 0.15) is 11.2 Å². The number of anilines is 1. The normalized spacial score (nSPS) is 17.8. The fraction of sp³-hybridized carbons (Fsp3) is 0.0526. The number of amides is 4. The number of halogens is 2. The van der Waals surface area contributed by atoms with Gasteiger partial charge in [0.05, 0.1) is 15.7 Å². The summed E-state index contributed by atoms with van der Waals surface area (Å²) < 4.78 is 5.59. The number of carbonyl (C=O) groups is 4. The lowest BCUT2D eigenvalue weighted by Gasteiger charge is -2.28. The first-order valence-electron chi connectivity index (χ1n) is 8.89. The second kappa shape index (κ2) is 8.38.